The molecule has 13 heavy (non-hydrogen) atoms. The van der Waals surface area contributed by atoms with Gasteiger partial charge in [-0.25, -0.2) is 12.7 Å². The Morgan fingerprint density at radius 2 is 2.08 bits per heavy atom. The van der Waals surface area contributed by atoms with Crippen molar-refractivity contribution >= 4 is 15.9 Å². The summed E-state index contributed by atoms with van der Waals surface area (Å²) in [5.74, 6) is -0.394. The van der Waals surface area contributed by atoms with Crippen LogP contribution in [0.1, 0.15) is 20.3 Å². The van der Waals surface area contributed by atoms with Gasteiger partial charge in [0.15, 0.2) is 0 Å². The van der Waals surface area contributed by atoms with Crippen LogP contribution in [0.4, 0.5) is 0 Å². The van der Waals surface area contributed by atoms with Crippen molar-refractivity contribution in [1.29, 1.82) is 0 Å². The molecule has 74 valence electrons. The van der Waals surface area contributed by atoms with Gasteiger partial charge in [0.1, 0.15) is 5.25 Å². The Hall–Kier alpha value is -0.840. The highest BCUT2D eigenvalue weighted by Gasteiger charge is 2.44. The molecule has 0 bridgehead atoms. The van der Waals surface area contributed by atoms with E-state index >= 15 is 0 Å². The largest absolute Gasteiger partial charge is 0.268 e. The molecule has 1 rings (SSSR count). The highest BCUT2D eigenvalue weighted by molar-refractivity contribution is 7.91. The molecule has 0 aromatic carbocycles. The Labute approximate surface area is 78.3 Å². The monoisotopic (exact) mass is 203 g/mol. The van der Waals surface area contributed by atoms with Crippen LogP contribution in [0.3, 0.4) is 0 Å². The minimum atomic E-state index is -3.41. The summed E-state index contributed by atoms with van der Waals surface area (Å²) in [5.41, 5.74) is 0.394. The molecule has 0 spiro atoms. The molecule has 0 N–H and O–H groups in total. The predicted molar refractivity (Wildman–Crippen MR) is 49.5 cm³/mol. The fourth-order valence-electron chi connectivity index (χ4n) is 1.53. The minimum absolute atomic E-state index is 0.394. The topological polar surface area (TPSA) is 54.5 Å². The molecule has 1 fully saturated rings. The third kappa shape index (κ3) is 1.27. The smallest absolute Gasteiger partial charge is 0.264 e. The Balaban J connectivity index is 3.29. The zero-order valence-electron chi connectivity index (χ0n) is 7.94. The Morgan fingerprint density at radius 1 is 1.54 bits per heavy atom. The Kier molecular flexibility index (Phi) is 2.47. The summed E-state index contributed by atoms with van der Waals surface area (Å²) < 4.78 is 24.0. The SMILES string of the molecule is C/C=C1/C(=O)N(C)S(=O)(=O)C1CC. The van der Waals surface area contributed by atoms with Crippen molar-refractivity contribution in [3.8, 4) is 0 Å². The number of allylic oxidation sites excluding steroid dienone is 1. The lowest BCUT2D eigenvalue weighted by Gasteiger charge is -2.08. The maximum atomic E-state index is 11.6. The lowest BCUT2D eigenvalue weighted by molar-refractivity contribution is -0.121. The second-order valence-electron chi connectivity index (χ2n) is 2.96. The van der Waals surface area contributed by atoms with Gasteiger partial charge in [0.2, 0.25) is 10.0 Å². The molecule has 1 atom stereocenters. The van der Waals surface area contributed by atoms with Crippen LogP contribution in [0.15, 0.2) is 11.6 Å². The second-order valence-corrected chi connectivity index (χ2v) is 5.11. The second kappa shape index (κ2) is 3.14. The molecule has 0 aromatic rings. The first-order valence-electron chi connectivity index (χ1n) is 4.15. The number of amides is 1. The van der Waals surface area contributed by atoms with Crippen molar-refractivity contribution < 1.29 is 13.2 Å². The van der Waals surface area contributed by atoms with E-state index in [9.17, 15) is 13.2 Å². The van der Waals surface area contributed by atoms with Gasteiger partial charge in [0, 0.05) is 12.6 Å². The molecule has 0 saturated carbocycles. The number of sulfonamides is 1. The molecule has 0 radical (unpaired) electrons. The molecule has 4 nitrogen and oxygen atoms in total. The highest BCUT2D eigenvalue weighted by atomic mass is 32.2. The number of hydrogen-bond donors (Lipinski definition) is 0. The maximum Gasteiger partial charge on any atom is 0.264 e. The van der Waals surface area contributed by atoms with Crippen LogP contribution in [-0.4, -0.2) is 30.9 Å². The van der Waals surface area contributed by atoms with Crippen molar-refractivity contribution in [2.75, 3.05) is 7.05 Å². The molecule has 1 unspecified atom stereocenters. The molecule has 1 saturated heterocycles. The molecule has 1 heterocycles. The number of carbonyl (C=O) groups excluding carboxylic acids is 1. The fraction of sp³-hybridized carbons (Fsp3) is 0.625. The number of hydrogen-bond acceptors (Lipinski definition) is 3. The normalized spacial score (nSPS) is 30.1. The lowest BCUT2D eigenvalue weighted by Crippen LogP contribution is -2.27. The predicted octanol–water partition coefficient (Wildman–Crippen LogP) is 0.513. The van der Waals surface area contributed by atoms with Crippen LogP contribution in [-0.2, 0) is 14.8 Å². The van der Waals surface area contributed by atoms with E-state index in [2.05, 4.69) is 0 Å². The molecule has 0 aliphatic carbocycles. The van der Waals surface area contributed by atoms with Gasteiger partial charge in [-0.3, -0.25) is 4.79 Å². The van der Waals surface area contributed by atoms with Crippen molar-refractivity contribution in [1.82, 2.24) is 4.31 Å². The van der Waals surface area contributed by atoms with Gasteiger partial charge in [-0.05, 0) is 13.3 Å². The molecule has 1 amide bonds. The van der Waals surface area contributed by atoms with Crippen molar-refractivity contribution in [2.24, 2.45) is 0 Å². The first-order valence-corrected chi connectivity index (χ1v) is 5.65. The Morgan fingerprint density at radius 3 is 2.38 bits per heavy atom. The summed E-state index contributed by atoms with van der Waals surface area (Å²) >= 11 is 0. The number of nitrogens with zero attached hydrogens (tertiary/aromatic N) is 1. The highest BCUT2D eigenvalue weighted by Crippen LogP contribution is 2.28. The van der Waals surface area contributed by atoms with Crippen molar-refractivity contribution in [2.45, 2.75) is 25.5 Å². The van der Waals surface area contributed by atoms with Gasteiger partial charge in [0.05, 0.1) is 0 Å². The zero-order chi connectivity index (χ0) is 10.2. The third-order valence-electron chi connectivity index (χ3n) is 2.30. The summed E-state index contributed by atoms with van der Waals surface area (Å²) in [4.78, 5) is 11.4. The summed E-state index contributed by atoms with van der Waals surface area (Å²) in [6.45, 7) is 3.45. The average Bonchev–Trinajstić information content (AvgIpc) is 2.25. The molecular weight excluding hydrogens is 190 g/mol. The molecule has 0 aromatic heterocycles. The van der Waals surface area contributed by atoms with Crippen LogP contribution < -0.4 is 0 Å². The zero-order valence-corrected chi connectivity index (χ0v) is 8.76. The van der Waals surface area contributed by atoms with Gasteiger partial charge in [-0.15, -0.1) is 0 Å². The lowest BCUT2D eigenvalue weighted by atomic mass is 10.1. The number of carbonyl (C=O) groups is 1. The van der Waals surface area contributed by atoms with Gasteiger partial charge in [-0.1, -0.05) is 13.0 Å². The molecule has 5 heteroatoms. The van der Waals surface area contributed by atoms with E-state index in [1.54, 1.807) is 19.9 Å². The average molecular weight is 203 g/mol. The van der Waals surface area contributed by atoms with Gasteiger partial charge in [-0.2, -0.15) is 0 Å². The van der Waals surface area contributed by atoms with E-state index in [4.69, 9.17) is 0 Å². The van der Waals surface area contributed by atoms with Crippen molar-refractivity contribution in [3.63, 3.8) is 0 Å². The number of likely N-dealkylation sites (N-methyl/N-ethyl adjacent to an activating group) is 1. The van der Waals surface area contributed by atoms with E-state index in [0.29, 0.717) is 12.0 Å². The summed E-state index contributed by atoms with van der Waals surface area (Å²) in [6.07, 6.45) is 2.02. The maximum absolute atomic E-state index is 11.6. The fourth-order valence-corrected chi connectivity index (χ4v) is 3.22. The van der Waals surface area contributed by atoms with E-state index < -0.39 is 21.2 Å². The van der Waals surface area contributed by atoms with Gasteiger partial charge >= 0.3 is 0 Å². The van der Waals surface area contributed by atoms with E-state index in [-0.39, 0.29) is 0 Å². The first-order chi connectivity index (χ1) is 5.96. The standard InChI is InChI=1S/C8H13NO3S/c1-4-6-7(5-2)13(11,12)9(3)8(6)10/h4,7H,5H2,1-3H3/b6-4+. The summed E-state index contributed by atoms with van der Waals surface area (Å²) in [6, 6.07) is 0. The van der Waals surface area contributed by atoms with Crippen molar-refractivity contribution in [3.05, 3.63) is 11.6 Å². The summed E-state index contributed by atoms with van der Waals surface area (Å²) in [5, 5.41) is -0.644. The van der Waals surface area contributed by atoms with Crippen LogP contribution in [0.2, 0.25) is 0 Å². The number of rotatable bonds is 1. The van der Waals surface area contributed by atoms with Crippen LogP contribution >= 0.6 is 0 Å². The third-order valence-corrected chi connectivity index (χ3v) is 4.54. The van der Waals surface area contributed by atoms with Gasteiger partial charge in [0.25, 0.3) is 5.91 Å². The minimum Gasteiger partial charge on any atom is -0.268 e. The first kappa shape index (κ1) is 10.2. The summed E-state index contributed by atoms with van der Waals surface area (Å²) in [7, 11) is -2.11. The van der Waals surface area contributed by atoms with E-state index in [1.165, 1.54) is 7.05 Å². The Bertz CT molecular complexity index is 356. The quantitative estimate of drug-likeness (QED) is 0.583. The molecule has 1 aliphatic rings. The van der Waals surface area contributed by atoms with Crippen LogP contribution in [0, 0.1) is 0 Å². The van der Waals surface area contributed by atoms with Gasteiger partial charge < -0.3 is 0 Å². The van der Waals surface area contributed by atoms with E-state index in [0.717, 1.165) is 4.31 Å². The molecule has 1 aliphatic heterocycles. The van der Waals surface area contributed by atoms with Crippen LogP contribution in [0.5, 0.6) is 0 Å². The van der Waals surface area contributed by atoms with E-state index in [1.807, 2.05) is 0 Å². The van der Waals surface area contributed by atoms with Crippen LogP contribution in [0.25, 0.3) is 0 Å². The molecular formula is C8H13NO3S.